The molecule has 6 heteroatoms. The maximum Gasteiger partial charge on any atom is 0.338 e. The van der Waals surface area contributed by atoms with E-state index in [-0.39, 0.29) is 18.0 Å². The number of esters is 1. The van der Waals surface area contributed by atoms with Crippen molar-refractivity contribution in [3.63, 3.8) is 0 Å². The number of nitrogens with zero attached hydrogens (tertiary/aromatic N) is 2. The van der Waals surface area contributed by atoms with E-state index in [4.69, 9.17) is 4.74 Å². The van der Waals surface area contributed by atoms with Crippen molar-refractivity contribution in [1.29, 1.82) is 0 Å². The first-order valence-electron chi connectivity index (χ1n) is 9.87. The van der Waals surface area contributed by atoms with Gasteiger partial charge in [-0.2, -0.15) is 0 Å². The van der Waals surface area contributed by atoms with E-state index in [9.17, 15) is 9.59 Å². The summed E-state index contributed by atoms with van der Waals surface area (Å²) < 4.78 is 5.15. The van der Waals surface area contributed by atoms with Crippen molar-refractivity contribution >= 4 is 12.0 Å². The molecule has 1 atom stereocenters. The van der Waals surface area contributed by atoms with Gasteiger partial charge in [-0.05, 0) is 44.3 Å². The molecule has 2 amide bonds. The molecule has 3 aliphatic rings. The summed E-state index contributed by atoms with van der Waals surface area (Å²) in [5.74, 6) is -0.360. The summed E-state index contributed by atoms with van der Waals surface area (Å²) in [6, 6.07) is 9.29. The normalized spacial score (nSPS) is 24.0. The third kappa shape index (κ3) is 3.72. The molecular weight excluding hydrogens is 342 g/mol. The number of urea groups is 1. The van der Waals surface area contributed by atoms with E-state index in [1.807, 2.05) is 35.2 Å². The Balaban J connectivity index is 1.78. The molecule has 6 nitrogen and oxygen atoms in total. The Kier molecular flexibility index (Phi) is 5.16. The van der Waals surface area contributed by atoms with E-state index >= 15 is 0 Å². The number of likely N-dealkylation sites (tertiary alicyclic amines) is 1. The summed E-state index contributed by atoms with van der Waals surface area (Å²) >= 11 is 0. The van der Waals surface area contributed by atoms with Gasteiger partial charge in [0.2, 0.25) is 0 Å². The van der Waals surface area contributed by atoms with Crippen molar-refractivity contribution in [2.75, 3.05) is 26.7 Å². The highest BCUT2D eigenvalue weighted by Gasteiger charge is 2.44. The predicted molar refractivity (Wildman–Crippen MR) is 102 cm³/mol. The molecule has 1 aromatic rings. The number of nitrogens with one attached hydrogen (secondary N) is 1. The van der Waals surface area contributed by atoms with E-state index in [0.29, 0.717) is 12.1 Å². The van der Waals surface area contributed by atoms with Crippen LogP contribution in [0.15, 0.2) is 41.6 Å². The first-order chi connectivity index (χ1) is 13.2. The molecule has 2 heterocycles. The summed E-state index contributed by atoms with van der Waals surface area (Å²) in [6.45, 7) is 2.64. The average molecular weight is 369 g/mol. The highest BCUT2D eigenvalue weighted by Crippen LogP contribution is 2.38. The van der Waals surface area contributed by atoms with Gasteiger partial charge in [0, 0.05) is 18.3 Å². The second-order valence-electron chi connectivity index (χ2n) is 7.58. The third-order valence-corrected chi connectivity index (χ3v) is 5.65. The first-order valence-corrected chi connectivity index (χ1v) is 9.87. The van der Waals surface area contributed by atoms with Crippen LogP contribution in [0.1, 0.15) is 43.7 Å². The molecule has 1 aromatic carbocycles. The fourth-order valence-electron chi connectivity index (χ4n) is 4.13. The van der Waals surface area contributed by atoms with E-state index in [2.05, 4.69) is 10.2 Å². The van der Waals surface area contributed by atoms with E-state index in [1.165, 1.54) is 26.4 Å². The third-order valence-electron chi connectivity index (χ3n) is 5.65. The predicted octanol–water partition coefficient (Wildman–Crippen LogP) is 2.83. The number of methoxy groups -OCH3 is 1. The van der Waals surface area contributed by atoms with Crippen molar-refractivity contribution < 1.29 is 14.3 Å². The van der Waals surface area contributed by atoms with Crippen LogP contribution in [0.2, 0.25) is 0 Å². The van der Waals surface area contributed by atoms with Gasteiger partial charge >= 0.3 is 12.0 Å². The number of hydrogen-bond acceptors (Lipinski definition) is 4. The largest absolute Gasteiger partial charge is 0.466 e. The lowest BCUT2D eigenvalue weighted by Gasteiger charge is -2.39. The summed E-state index contributed by atoms with van der Waals surface area (Å²) in [5, 5.41) is 3.05. The fourth-order valence-corrected chi connectivity index (χ4v) is 4.13. The Bertz CT molecular complexity index is 736. The molecule has 144 valence electrons. The van der Waals surface area contributed by atoms with Gasteiger partial charge in [-0.3, -0.25) is 9.80 Å². The van der Waals surface area contributed by atoms with Crippen LogP contribution in [0, 0.1) is 0 Å². The van der Waals surface area contributed by atoms with Crippen LogP contribution in [-0.2, 0) is 9.53 Å². The number of hydrogen-bond donors (Lipinski definition) is 1. The number of benzene rings is 1. The van der Waals surface area contributed by atoms with Gasteiger partial charge < -0.3 is 10.1 Å². The second kappa shape index (κ2) is 7.72. The zero-order valence-corrected chi connectivity index (χ0v) is 15.8. The molecule has 0 spiro atoms. The summed E-state index contributed by atoms with van der Waals surface area (Å²) in [6.07, 6.45) is 5.55. The van der Waals surface area contributed by atoms with Crippen molar-refractivity contribution in [3.05, 3.63) is 47.2 Å². The second-order valence-corrected chi connectivity index (χ2v) is 7.58. The molecule has 2 fully saturated rings. The lowest BCUT2D eigenvalue weighted by atomic mass is 9.94. The zero-order valence-electron chi connectivity index (χ0n) is 15.8. The van der Waals surface area contributed by atoms with Crippen molar-refractivity contribution in [1.82, 2.24) is 15.1 Å². The summed E-state index contributed by atoms with van der Waals surface area (Å²) in [5.41, 5.74) is 2.29. The Morgan fingerprint density at radius 1 is 1.15 bits per heavy atom. The van der Waals surface area contributed by atoms with E-state index < -0.39 is 6.04 Å². The fraction of sp³-hybridized carbons (Fsp3) is 0.524. The standard InChI is InChI=1S/C21H27N3O3/c1-27-20(25)18-17(14-23-12-6-3-7-13-23)24(16-10-11-16)21(26)22-19(18)15-8-4-2-5-9-15/h2,4-5,8-9,16,19H,3,6-7,10-14H2,1H3,(H,22,26). The highest BCUT2D eigenvalue weighted by atomic mass is 16.5. The maximum atomic E-state index is 13.0. The Morgan fingerprint density at radius 2 is 1.85 bits per heavy atom. The van der Waals surface area contributed by atoms with Crippen LogP contribution in [0.3, 0.4) is 0 Å². The zero-order chi connectivity index (χ0) is 18.8. The van der Waals surface area contributed by atoms with Gasteiger partial charge in [-0.25, -0.2) is 9.59 Å². The molecule has 1 saturated carbocycles. The Hall–Kier alpha value is -2.34. The number of amides is 2. The van der Waals surface area contributed by atoms with Crippen molar-refractivity contribution in [2.24, 2.45) is 0 Å². The van der Waals surface area contributed by atoms with E-state index in [1.54, 1.807) is 0 Å². The van der Waals surface area contributed by atoms with Crippen LogP contribution in [0.4, 0.5) is 4.79 Å². The van der Waals surface area contributed by atoms with Crippen LogP contribution in [0.5, 0.6) is 0 Å². The molecule has 1 saturated heterocycles. The number of carbonyl (C=O) groups is 2. The average Bonchev–Trinajstić information content (AvgIpc) is 3.53. The van der Waals surface area contributed by atoms with Crippen molar-refractivity contribution in [2.45, 2.75) is 44.2 Å². The molecule has 0 aromatic heterocycles. The van der Waals surface area contributed by atoms with Gasteiger partial charge in [0.15, 0.2) is 0 Å². The highest BCUT2D eigenvalue weighted by molar-refractivity contribution is 5.95. The summed E-state index contributed by atoms with van der Waals surface area (Å²) in [4.78, 5) is 30.0. The first kappa shape index (κ1) is 18.0. The minimum absolute atomic E-state index is 0.106. The monoisotopic (exact) mass is 369 g/mol. The van der Waals surface area contributed by atoms with Gasteiger partial charge in [-0.1, -0.05) is 36.8 Å². The smallest absolute Gasteiger partial charge is 0.338 e. The van der Waals surface area contributed by atoms with Crippen LogP contribution < -0.4 is 5.32 Å². The molecule has 2 aliphatic heterocycles. The molecule has 1 unspecified atom stereocenters. The van der Waals surface area contributed by atoms with Crippen LogP contribution in [-0.4, -0.2) is 54.6 Å². The van der Waals surface area contributed by atoms with Gasteiger partial charge in [-0.15, -0.1) is 0 Å². The Morgan fingerprint density at radius 3 is 2.48 bits per heavy atom. The Labute approximate surface area is 160 Å². The quantitative estimate of drug-likeness (QED) is 0.811. The van der Waals surface area contributed by atoms with Gasteiger partial charge in [0.05, 0.1) is 18.7 Å². The maximum absolute atomic E-state index is 13.0. The molecule has 0 bridgehead atoms. The topological polar surface area (TPSA) is 61.9 Å². The van der Waals surface area contributed by atoms with Crippen LogP contribution >= 0.6 is 0 Å². The summed E-state index contributed by atoms with van der Waals surface area (Å²) in [7, 11) is 1.41. The molecule has 27 heavy (non-hydrogen) atoms. The van der Waals surface area contributed by atoms with Gasteiger partial charge in [0.1, 0.15) is 0 Å². The van der Waals surface area contributed by atoms with Crippen LogP contribution in [0.25, 0.3) is 0 Å². The lowest BCUT2D eigenvalue weighted by molar-refractivity contribution is -0.136. The minimum atomic E-state index is -0.471. The lowest BCUT2D eigenvalue weighted by Crippen LogP contribution is -2.52. The van der Waals surface area contributed by atoms with Gasteiger partial charge in [0.25, 0.3) is 0 Å². The number of rotatable bonds is 5. The van der Waals surface area contributed by atoms with E-state index in [0.717, 1.165) is 37.2 Å². The number of ether oxygens (including phenoxy) is 1. The SMILES string of the molecule is COC(=O)C1=C(CN2CCCCC2)N(C2CC2)C(=O)NC1c1ccccc1. The molecular formula is C21H27N3O3. The molecule has 1 N–H and O–H groups in total. The van der Waals surface area contributed by atoms with Crippen molar-refractivity contribution in [3.8, 4) is 0 Å². The molecule has 0 radical (unpaired) electrons. The number of carbonyl (C=O) groups excluding carboxylic acids is 2. The molecule has 1 aliphatic carbocycles. The minimum Gasteiger partial charge on any atom is -0.466 e. The molecule has 4 rings (SSSR count). The number of piperidine rings is 1.